The van der Waals surface area contributed by atoms with E-state index in [0.717, 1.165) is 28.2 Å². The minimum absolute atomic E-state index is 0.782. The molecule has 22 heavy (non-hydrogen) atoms. The molecule has 0 aliphatic carbocycles. The van der Waals surface area contributed by atoms with Gasteiger partial charge in [0, 0.05) is 0 Å². The molecule has 0 unspecified atom stereocenters. The molecule has 0 radical (unpaired) electrons. The summed E-state index contributed by atoms with van der Waals surface area (Å²) >= 11 is 0. The molecule has 0 amide bonds. The molecule has 5 nitrogen and oxygen atoms in total. The van der Waals surface area contributed by atoms with Crippen LogP contribution in [0.5, 0.6) is 0 Å². The minimum Gasteiger partial charge on any atom is -0.338 e. The Balaban J connectivity index is 1.59. The molecule has 0 aliphatic heterocycles. The molecule has 0 fully saturated rings. The van der Waals surface area contributed by atoms with Crippen LogP contribution >= 0.6 is 0 Å². The van der Waals surface area contributed by atoms with Crippen molar-refractivity contribution < 1.29 is 0 Å². The highest BCUT2D eigenvalue weighted by Gasteiger charge is 2.01. The number of hydrogen-bond acceptors (Lipinski definition) is 3. The molecule has 2 aromatic carbocycles. The molecule has 2 heterocycles. The molecular formula is C17H13N5. The van der Waals surface area contributed by atoms with Gasteiger partial charge in [-0.15, -0.1) is 5.10 Å². The number of rotatable bonds is 3. The van der Waals surface area contributed by atoms with E-state index in [1.807, 2.05) is 66.7 Å². The highest BCUT2D eigenvalue weighted by atomic mass is 15.5. The first-order valence-electron chi connectivity index (χ1n) is 6.99. The van der Waals surface area contributed by atoms with Crippen molar-refractivity contribution in [1.29, 1.82) is 0 Å². The Morgan fingerprint density at radius 2 is 1.73 bits per heavy atom. The second-order valence-corrected chi connectivity index (χ2v) is 4.87. The van der Waals surface area contributed by atoms with Gasteiger partial charge in [0.1, 0.15) is 11.5 Å². The van der Waals surface area contributed by atoms with Crippen molar-refractivity contribution in [3.63, 3.8) is 0 Å². The Labute approximate surface area is 126 Å². The zero-order valence-corrected chi connectivity index (χ0v) is 11.7. The van der Waals surface area contributed by atoms with Gasteiger partial charge in [-0.25, -0.2) is 4.98 Å². The first-order valence-corrected chi connectivity index (χ1v) is 6.99. The Hall–Kier alpha value is -3.21. The summed E-state index contributed by atoms with van der Waals surface area (Å²) in [6, 6.07) is 17.8. The summed E-state index contributed by atoms with van der Waals surface area (Å²) in [4.78, 5) is 9.36. The number of aromatic amines is 1. The van der Waals surface area contributed by atoms with E-state index in [1.165, 1.54) is 0 Å². The SMILES string of the molecule is C(=Cc1nc2ccccc2[nH]1)c1cnn(-c2ccccc2)n1. The van der Waals surface area contributed by atoms with Gasteiger partial charge < -0.3 is 4.98 Å². The van der Waals surface area contributed by atoms with E-state index in [4.69, 9.17) is 0 Å². The van der Waals surface area contributed by atoms with Crippen molar-refractivity contribution >= 4 is 23.2 Å². The number of H-pyrrole nitrogens is 1. The fourth-order valence-electron chi connectivity index (χ4n) is 2.25. The maximum absolute atomic E-state index is 4.50. The van der Waals surface area contributed by atoms with Crippen LogP contribution in [-0.4, -0.2) is 25.0 Å². The summed E-state index contributed by atoms with van der Waals surface area (Å²) in [5.41, 5.74) is 3.69. The van der Waals surface area contributed by atoms with Crippen LogP contribution < -0.4 is 0 Å². The fraction of sp³-hybridized carbons (Fsp3) is 0. The fourth-order valence-corrected chi connectivity index (χ4v) is 2.25. The van der Waals surface area contributed by atoms with E-state index in [0.29, 0.717) is 0 Å². The van der Waals surface area contributed by atoms with Crippen molar-refractivity contribution in [3.05, 3.63) is 72.3 Å². The van der Waals surface area contributed by atoms with Crippen molar-refractivity contribution in [2.75, 3.05) is 0 Å². The number of benzene rings is 2. The molecule has 0 saturated carbocycles. The standard InChI is InChI=1S/C17H13N5/c1-2-6-14(7-3-1)22-18-12-13(21-22)10-11-17-19-15-8-4-5-9-16(15)20-17/h1-12H,(H,19,20). The molecule has 4 aromatic rings. The van der Waals surface area contributed by atoms with E-state index in [9.17, 15) is 0 Å². The molecule has 1 N–H and O–H groups in total. The summed E-state index contributed by atoms with van der Waals surface area (Å²) in [5.74, 6) is 0.801. The zero-order chi connectivity index (χ0) is 14.8. The maximum atomic E-state index is 4.50. The summed E-state index contributed by atoms with van der Waals surface area (Å²) in [6.45, 7) is 0. The van der Waals surface area contributed by atoms with Crippen LogP contribution in [0, 0.1) is 0 Å². The van der Waals surface area contributed by atoms with Crippen LogP contribution in [0.4, 0.5) is 0 Å². The van der Waals surface area contributed by atoms with Crippen LogP contribution in [0.15, 0.2) is 60.8 Å². The number of hydrogen-bond donors (Lipinski definition) is 1. The van der Waals surface area contributed by atoms with E-state index < -0.39 is 0 Å². The van der Waals surface area contributed by atoms with Crippen molar-refractivity contribution in [2.45, 2.75) is 0 Å². The third-order valence-corrected chi connectivity index (χ3v) is 3.32. The predicted molar refractivity (Wildman–Crippen MR) is 86.4 cm³/mol. The van der Waals surface area contributed by atoms with Crippen LogP contribution in [-0.2, 0) is 0 Å². The van der Waals surface area contributed by atoms with E-state index in [1.54, 1.807) is 11.0 Å². The topological polar surface area (TPSA) is 59.4 Å². The number of nitrogens with zero attached hydrogens (tertiary/aromatic N) is 4. The van der Waals surface area contributed by atoms with Crippen molar-refractivity contribution in [1.82, 2.24) is 25.0 Å². The summed E-state index contributed by atoms with van der Waals surface area (Å²) < 4.78 is 0. The van der Waals surface area contributed by atoms with Gasteiger partial charge in [0.15, 0.2) is 0 Å². The van der Waals surface area contributed by atoms with Gasteiger partial charge in [-0.1, -0.05) is 30.3 Å². The third-order valence-electron chi connectivity index (χ3n) is 3.32. The van der Waals surface area contributed by atoms with Gasteiger partial charge in [-0.05, 0) is 36.4 Å². The van der Waals surface area contributed by atoms with Crippen LogP contribution in [0.25, 0.3) is 28.9 Å². The Bertz CT molecular complexity index is 901. The zero-order valence-electron chi connectivity index (χ0n) is 11.7. The molecular weight excluding hydrogens is 274 g/mol. The highest BCUT2D eigenvalue weighted by molar-refractivity contribution is 5.78. The summed E-state index contributed by atoms with van der Waals surface area (Å²) in [5, 5.41) is 8.69. The molecule has 0 aliphatic rings. The quantitative estimate of drug-likeness (QED) is 0.629. The number of aromatic nitrogens is 5. The lowest BCUT2D eigenvalue weighted by Gasteiger charge is -1.96. The first-order chi connectivity index (χ1) is 10.9. The van der Waals surface area contributed by atoms with Gasteiger partial charge in [0.25, 0.3) is 0 Å². The van der Waals surface area contributed by atoms with Crippen LogP contribution in [0.1, 0.15) is 11.5 Å². The average molecular weight is 287 g/mol. The molecule has 106 valence electrons. The van der Waals surface area contributed by atoms with Crippen molar-refractivity contribution in [2.24, 2.45) is 0 Å². The van der Waals surface area contributed by atoms with Gasteiger partial charge in [0.2, 0.25) is 0 Å². The summed E-state index contributed by atoms with van der Waals surface area (Å²) in [7, 11) is 0. The number of nitrogens with one attached hydrogen (secondary N) is 1. The van der Waals surface area contributed by atoms with E-state index >= 15 is 0 Å². The normalized spacial score (nSPS) is 11.5. The molecule has 0 spiro atoms. The molecule has 4 rings (SSSR count). The predicted octanol–water partition coefficient (Wildman–Crippen LogP) is 3.31. The maximum Gasteiger partial charge on any atom is 0.131 e. The molecule has 0 atom stereocenters. The smallest absolute Gasteiger partial charge is 0.131 e. The molecule has 2 aromatic heterocycles. The largest absolute Gasteiger partial charge is 0.338 e. The van der Waals surface area contributed by atoms with Crippen LogP contribution in [0.2, 0.25) is 0 Å². The second kappa shape index (κ2) is 5.29. The van der Waals surface area contributed by atoms with E-state index in [-0.39, 0.29) is 0 Å². The highest BCUT2D eigenvalue weighted by Crippen LogP contribution is 2.12. The third kappa shape index (κ3) is 2.40. The second-order valence-electron chi connectivity index (χ2n) is 4.87. The number of imidazole rings is 1. The lowest BCUT2D eigenvalue weighted by Crippen LogP contribution is -1.97. The van der Waals surface area contributed by atoms with Crippen LogP contribution in [0.3, 0.4) is 0 Å². The monoisotopic (exact) mass is 287 g/mol. The molecule has 5 heteroatoms. The average Bonchev–Trinajstić information content (AvgIpc) is 3.20. The van der Waals surface area contributed by atoms with Gasteiger partial charge in [0.05, 0.1) is 22.9 Å². The first kappa shape index (κ1) is 12.5. The Morgan fingerprint density at radius 1 is 0.909 bits per heavy atom. The Kier molecular flexibility index (Phi) is 3.01. The number of fused-ring (bicyclic) bond motifs is 1. The van der Waals surface area contributed by atoms with Gasteiger partial charge in [-0.3, -0.25) is 0 Å². The van der Waals surface area contributed by atoms with Gasteiger partial charge >= 0.3 is 0 Å². The lowest BCUT2D eigenvalue weighted by atomic mass is 10.3. The lowest BCUT2D eigenvalue weighted by molar-refractivity contribution is 0.750. The van der Waals surface area contributed by atoms with Crippen molar-refractivity contribution in [3.8, 4) is 5.69 Å². The summed E-state index contributed by atoms with van der Waals surface area (Å²) in [6.07, 6.45) is 5.52. The molecule has 0 saturated heterocycles. The molecule has 0 bridgehead atoms. The number of para-hydroxylation sites is 3. The van der Waals surface area contributed by atoms with Gasteiger partial charge in [-0.2, -0.15) is 9.90 Å². The minimum atomic E-state index is 0.782. The Morgan fingerprint density at radius 3 is 2.59 bits per heavy atom. The van der Waals surface area contributed by atoms with E-state index in [2.05, 4.69) is 20.2 Å².